The molecule has 5 rings (SSSR count). The van der Waals surface area contributed by atoms with Gasteiger partial charge < -0.3 is 16.0 Å². The molecule has 0 aliphatic carbocycles. The molecule has 1 aromatic carbocycles. The second-order valence-corrected chi connectivity index (χ2v) is 9.16. The van der Waals surface area contributed by atoms with Gasteiger partial charge in [-0.15, -0.1) is 6.58 Å². The van der Waals surface area contributed by atoms with Crippen molar-refractivity contribution < 1.29 is 27.2 Å². The quantitative estimate of drug-likeness (QED) is 0.256. The molecule has 2 amide bonds. The number of likely N-dealkylation sites (tertiary alicyclic amines) is 1. The highest BCUT2D eigenvalue weighted by Crippen LogP contribution is 2.37. The number of aromatic nitrogens is 4. The molecule has 40 heavy (non-hydrogen) atoms. The summed E-state index contributed by atoms with van der Waals surface area (Å²) in [5, 5.41) is 2.19. The number of rotatable bonds is 6. The van der Waals surface area contributed by atoms with E-state index in [1.165, 1.54) is 24.4 Å². The molecule has 4 aromatic rings. The van der Waals surface area contributed by atoms with Crippen molar-refractivity contribution >= 4 is 29.0 Å². The van der Waals surface area contributed by atoms with Crippen LogP contribution < -0.4 is 11.1 Å². The molecule has 13 heteroatoms. The second kappa shape index (κ2) is 10.4. The molecule has 3 aromatic heterocycles. The number of nitrogens with one attached hydrogen (secondary N) is 1. The van der Waals surface area contributed by atoms with E-state index in [-0.39, 0.29) is 35.6 Å². The Labute approximate surface area is 225 Å². The minimum Gasteiger partial charge on any atom is -0.382 e. The number of nitrogen functional groups attached to an aromatic ring is 1. The van der Waals surface area contributed by atoms with Crippen molar-refractivity contribution in [3.05, 3.63) is 84.3 Å². The van der Waals surface area contributed by atoms with Crippen LogP contribution in [-0.4, -0.2) is 42.6 Å². The lowest BCUT2D eigenvalue weighted by Gasteiger charge is -2.23. The first-order valence-electron chi connectivity index (χ1n) is 12.3. The number of amides is 2. The van der Waals surface area contributed by atoms with Gasteiger partial charge in [-0.3, -0.25) is 14.0 Å². The van der Waals surface area contributed by atoms with E-state index in [4.69, 9.17) is 10.7 Å². The molecule has 4 heterocycles. The number of nitrogens with two attached hydrogens (primary N) is 1. The SMILES string of the molecule is C=CCC(=O)N1CCCC1c1nc(-c2ccc(C(=O)Nc3cc(C(F)(F)F)ccn3)c(F)c2)c2c(N)nccn12. The smallest absolute Gasteiger partial charge is 0.382 e. The zero-order valence-electron chi connectivity index (χ0n) is 21.0. The molecule has 1 fully saturated rings. The maximum absolute atomic E-state index is 15.2. The van der Waals surface area contributed by atoms with E-state index >= 15 is 4.39 Å². The molecule has 9 nitrogen and oxygen atoms in total. The monoisotopic (exact) mass is 553 g/mol. The fraction of sp³-hybridized carbons (Fsp3) is 0.222. The molecule has 1 aliphatic heterocycles. The Morgan fingerprint density at radius 3 is 2.70 bits per heavy atom. The molecule has 0 saturated carbocycles. The average molecular weight is 554 g/mol. The van der Waals surface area contributed by atoms with Gasteiger partial charge in [0, 0.05) is 37.1 Å². The van der Waals surface area contributed by atoms with Gasteiger partial charge in [-0.05, 0) is 37.1 Å². The molecular formula is C27H23F4N7O2. The number of carbonyl (C=O) groups excluding carboxylic acids is 2. The van der Waals surface area contributed by atoms with Crippen LogP contribution in [0.1, 0.15) is 47.1 Å². The normalized spacial score (nSPS) is 15.4. The summed E-state index contributed by atoms with van der Waals surface area (Å²) < 4.78 is 55.9. The highest BCUT2D eigenvalue weighted by atomic mass is 19.4. The van der Waals surface area contributed by atoms with E-state index in [1.54, 1.807) is 15.5 Å². The number of carbonyl (C=O) groups is 2. The first-order valence-corrected chi connectivity index (χ1v) is 12.3. The Bertz CT molecular complexity index is 1630. The molecule has 1 unspecified atom stereocenters. The van der Waals surface area contributed by atoms with Crippen LogP contribution in [0, 0.1) is 5.82 Å². The number of alkyl halides is 3. The van der Waals surface area contributed by atoms with Crippen molar-refractivity contribution in [3.63, 3.8) is 0 Å². The number of benzene rings is 1. The van der Waals surface area contributed by atoms with Crippen molar-refractivity contribution in [3.8, 4) is 11.3 Å². The van der Waals surface area contributed by atoms with Crippen LogP contribution >= 0.6 is 0 Å². The standard InChI is InChI=1S/C27H23F4N7O2/c1-2-4-21(39)37-11-3-5-19(37)25-36-22(23-24(32)34-10-12-38(23)25)15-6-7-17(18(28)13-15)26(40)35-20-14-16(8-9-33-20)27(29,30)31/h2,6-10,12-14,19H,1,3-5,11H2,(H2,32,34)(H,33,35,40). The molecule has 1 atom stereocenters. The van der Waals surface area contributed by atoms with E-state index in [0.29, 0.717) is 36.1 Å². The van der Waals surface area contributed by atoms with Gasteiger partial charge in [-0.2, -0.15) is 13.2 Å². The number of hydrogen-bond acceptors (Lipinski definition) is 6. The molecule has 0 radical (unpaired) electrons. The van der Waals surface area contributed by atoms with Crippen LogP contribution in [0.2, 0.25) is 0 Å². The van der Waals surface area contributed by atoms with Gasteiger partial charge in [0.05, 0.1) is 17.2 Å². The van der Waals surface area contributed by atoms with Gasteiger partial charge in [0.15, 0.2) is 0 Å². The van der Waals surface area contributed by atoms with Crippen molar-refractivity contribution in [2.75, 3.05) is 17.6 Å². The van der Waals surface area contributed by atoms with Crippen molar-refractivity contribution in [1.82, 2.24) is 24.3 Å². The summed E-state index contributed by atoms with van der Waals surface area (Å²) in [6, 6.07) is 4.80. The lowest BCUT2D eigenvalue weighted by molar-refractivity contribution is -0.137. The third-order valence-electron chi connectivity index (χ3n) is 6.62. The molecular weight excluding hydrogens is 530 g/mol. The van der Waals surface area contributed by atoms with Crippen LogP contribution in [-0.2, 0) is 11.0 Å². The Morgan fingerprint density at radius 2 is 1.98 bits per heavy atom. The van der Waals surface area contributed by atoms with Crippen LogP contribution in [0.15, 0.2) is 61.6 Å². The molecule has 206 valence electrons. The van der Waals surface area contributed by atoms with Crippen molar-refractivity contribution in [2.45, 2.75) is 31.5 Å². The number of nitrogens with zero attached hydrogens (tertiary/aromatic N) is 5. The highest BCUT2D eigenvalue weighted by Gasteiger charge is 2.34. The first-order chi connectivity index (χ1) is 19.1. The number of fused-ring (bicyclic) bond motifs is 1. The van der Waals surface area contributed by atoms with Crippen LogP contribution in [0.3, 0.4) is 0 Å². The van der Waals surface area contributed by atoms with Gasteiger partial charge in [-0.25, -0.2) is 19.3 Å². The molecule has 0 bridgehead atoms. The van der Waals surface area contributed by atoms with Crippen LogP contribution in [0.25, 0.3) is 16.8 Å². The summed E-state index contributed by atoms with van der Waals surface area (Å²) in [6.07, 6.45) is 2.59. The van der Waals surface area contributed by atoms with E-state index < -0.39 is 29.0 Å². The fourth-order valence-electron chi connectivity index (χ4n) is 4.80. The lowest BCUT2D eigenvalue weighted by Crippen LogP contribution is -2.31. The zero-order chi connectivity index (χ0) is 28.6. The Morgan fingerprint density at radius 1 is 1.18 bits per heavy atom. The Kier molecular flexibility index (Phi) is 6.96. The average Bonchev–Trinajstić information content (AvgIpc) is 3.54. The van der Waals surface area contributed by atoms with Crippen molar-refractivity contribution in [1.29, 1.82) is 0 Å². The first kappa shape index (κ1) is 26.8. The van der Waals surface area contributed by atoms with Gasteiger partial charge in [-0.1, -0.05) is 12.1 Å². The summed E-state index contributed by atoms with van der Waals surface area (Å²) in [7, 11) is 0. The fourth-order valence-corrected chi connectivity index (χ4v) is 4.80. The summed E-state index contributed by atoms with van der Waals surface area (Å²) in [4.78, 5) is 39.7. The highest BCUT2D eigenvalue weighted by molar-refractivity contribution is 6.04. The Hall–Kier alpha value is -4.81. The maximum atomic E-state index is 15.2. The number of imidazole rings is 1. The Balaban J connectivity index is 1.49. The zero-order valence-corrected chi connectivity index (χ0v) is 21.0. The lowest BCUT2D eigenvalue weighted by atomic mass is 10.1. The third kappa shape index (κ3) is 4.97. The third-order valence-corrected chi connectivity index (χ3v) is 6.62. The number of pyridine rings is 1. The molecule has 1 saturated heterocycles. The summed E-state index contributed by atoms with van der Waals surface area (Å²) in [5.41, 5.74) is 5.77. The number of hydrogen-bond donors (Lipinski definition) is 2. The number of anilines is 2. The predicted octanol–water partition coefficient (Wildman–Crippen LogP) is 5.02. The van der Waals surface area contributed by atoms with E-state index in [2.05, 4.69) is 21.9 Å². The topological polar surface area (TPSA) is 119 Å². The summed E-state index contributed by atoms with van der Waals surface area (Å²) >= 11 is 0. The predicted molar refractivity (Wildman–Crippen MR) is 138 cm³/mol. The maximum Gasteiger partial charge on any atom is 0.416 e. The van der Waals surface area contributed by atoms with E-state index in [0.717, 1.165) is 24.8 Å². The van der Waals surface area contributed by atoms with Crippen LogP contribution in [0.4, 0.5) is 29.2 Å². The summed E-state index contributed by atoms with van der Waals surface area (Å²) in [6.45, 7) is 4.19. The van der Waals surface area contributed by atoms with Crippen LogP contribution in [0.5, 0.6) is 0 Å². The van der Waals surface area contributed by atoms with Gasteiger partial charge in [0.2, 0.25) is 5.91 Å². The summed E-state index contributed by atoms with van der Waals surface area (Å²) in [5.74, 6) is -1.71. The van der Waals surface area contributed by atoms with Gasteiger partial charge in [0.1, 0.15) is 34.5 Å². The second-order valence-electron chi connectivity index (χ2n) is 9.16. The largest absolute Gasteiger partial charge is 0.416 e. The van der Waals surface area contributed by atoms with E-state index in [9.17, 15) is 22.8 Å². The van der Waals surface area contributed by atoms with E-state index in [1.807, 2.05) is 0 Å². The molecule has 1 aliphatic rings. The number of halogens is 4. The molecule has 3 N–H and O–H groups in total. The minimum absolute atomic E-state index is 0.0884. The van der Waals surface area contributed by atoms with Gasteiger partial charge >= 0.3 is 6.18 Å². The minimum atomic E-state index is -4.63. The van der Waals surface area contributed by atoms with Crippen molar-refractivity contribution in [2.24, 2.45) is 0 Å². The van der Waals surface area contributed by atoms with Gasteiger partial charge in [0.25, 0.3) is 5.91 Å². The molecule has 0 spiro atoms.